The highest BCUT2D eigenvalue weighted by molar-refractivity contribution is 7.99. The molecule has 1 heterocycles. The third kappa shape index (κ3) is 6.11. The van der Waals surface area contributed by atoms with Crippen molar-refractivity contribution in [1.29, 1.82) is 0 Å². The number of ether oxygens (including phenoxy) is 1. The van der Waals surface area contributed by atoms with Crippen LogP contribution in [0.2, 0.25) is 0 Å². The van der Waals surface area contributed by atoms with Gasteiger partial charge >= 0.3 is 0 Å². The fourth-order valence-corrected chi connectivity index (χ4v) is 4.29. The molecule has 0 aliphatic heterocycles. The second-order valence-corrected chi connectivity index (χ2v) is 9.64. The predicted molar refractivity (Wildman–Crippen MR) is 121 cm³/mol. The van der Waals surface area contributed by atoms with E-state index in [4.69, 9.17) is 4.74 Å². The monoisotopic (exact) mass is 428 g/mol. The fourth-order valence-electron chi connectivity index (χ4n) is 3.51. The Morgan fingerprint density at radius 2 is 1.97 bits per heavy atom. The van der Waals surface area contributed by atoms with Gasteiger partial charge in [0.1, 0.15) is 12.4 Å². The topological polar surface area (TPSA) is 69.0 Å². The van der Waals surface area contributed by atoms with Gasteiger partial charge in [-0.1, -0.05) is 63.6 Å². The molecule has 1 fully saturated rings. The van der Waals surface area contributed by atoms with E-state index in [2.05, 4.69) is 55.0 Å². The van der Waals surface area contributed by atoms with Crippen LogP contribution in [-0.4, -0.2) is 32.5 Å². The number of rotatable bonds is 9. The summed E-state index contributed by atoms with van der Waals surface area (Å²) >= 11 is 1.40. The highest BCUT2D eigenvalue weighted by atomic mass is 32.2. The van der Waals surface area contributed by atoms with Gasteiger partial charge in [-0.25, -0.2) is 0 Å². The van der Waals surface area contributed by atoms with Gasteiger partial charge in [-0.05, 0) is 36.0 Å². The lowest BCUT2D eigenvalue weighted by Gasteiger charge is -2.19. The van der Waals surface area contributed by atoms with Gasteiger partial charge in [0.2, 0.25) is 5.91 Å². The standard InChI is InChI=1S/C23H32N4O2S/c1-5-14-27-20(15-29-19-12-10-17(11-13-19)23(2,3)4)25-26-22(27)30-16-21(28)24-18-8-6-7-9-18/h5,10-13,18H,1,6-9,14-16H2,2-4H3,(H,24,28). The fraction of sp³-hybridized carbons (Fsp3) is 0.522. The third-order valence-electron chi connectivity index (χ3n) is 5.25. The Balaban J connectivity index is 1.58. The van der Waals surface area contributed by atoms with E-state index in [0.29, 0.717) is 35.9 Å². The molecular formula is C23H32N4O2S. The molecule has 0 saturated heterocycles. The zero-order valence-corrected chi connectivity index (χ0v) is 19.0. The van der Waals surface area contributed by atoms with Crippen LogP contribution in [0.4, 0.5) is 0 Å². The van der Waals surface area contributed by atoms with Gasteiger partial charge in [0.05, 0.1) is 5.75 Å². The summed E-state index contributed by atoms with van der Waals surface area (Å²) in [7, 11) is 0. The summed E-state index contributed by atoms with van der Waals surface area (Å²) in [6.45, 7) is 11.3. The number of hydrogen-bond acceptors (Lipinski definition) is 5. The van der Waals surface area contributed by atoms with Crippen molar-refractivity contribution in [2.45, 2.75) is 76.2 Å². The van der Waals surface area contributed by atoms with Crippen LogP contribution in [0, 0.1) is 0 Å². The summed E-state index contributed by atoms with van der Waals surface area (Å²) in [5, 5.41) is 12.4. The number of thioether (sulfide) groups is 1. The van der Waals surface area contributed by atoms with Crippen molar-refractivity contribution in [2.24, 2.45) is 0 Å². The molecule has 6 nitrogen and oxygen atoms in total. The zero-order valence-electron chi connectivity index (χ0n) is 18.2. The molecular weight excluding hydrogens is 396 g/mol. The first-order valence-electron chi connectivity index (χ1n) is 10.6. The van der Waals surface area contributed by atoms with E-state index in [0.717, 1.165) is 18.6 Å². The predicted octanol–water partition coefficient (Wildman–Crippen LogP) is 4.49. The molecule has 0 bridgehead atoms. The van der Waals surface area contributed by atoms with Crippen LogP contribution in [0.25, 0.3) is 0 Å². The molecule has 7 heteroatoms. The molecule has 0 unspecified atom stereocenters. The molecule has 30 heavy (non-hydrogen) atoms. The average Bonchev–Trinajstić information content (AvgIpc) is 3.35. The molecule has 1 amide bonds. The van der Waals surface area contributed by atoms with Gasteiger partial charge in [0.15, 0.2) is 11.0 Å². The lowest BCUT2D eigenvalue weighted by atomic mass is 9.87. The van der Waals surface area contributed by atoms with Gasteiger partial charge in [-0.15, -0.1) is 16.8 Å². The Morgan fingerprint density at radius 3 is 2.60 bits per heavy atom. The molecule has 3 rings (SSSR count). The minimum Gasteiger partial charge on any atom is -0.486 e. The molecule has 1 aliphatic carbocycles. The Morgan fingerprint density at radius 1 is 1.27 bits per heavy atom. The van der Waals surface area contributed by atoms with Crippen molar-refractivity contribution in [3.8, 4) is 5.75 Å². The number of nitrogens with one attached hydrogen (secondary N) is 1. The molecule has 0 spiro atoms. The van der Waals surface area contributed by atoms with Crippen molar-refractivity contribution in [3.63, 3.8) is 0 Å². The minimum atomic E-state index is 0.0526. The highest BCUT2D eigenvalue weighted by Crippen LogP contribution is 2.25. The van der Waals surface area contributed by atoms with Crippen molar-refractivity contribution < 1.29 is 9.53 Å². The van der Waals surface area contributed by atoms with Gasteiger partial charge in [-0.2, -0.15) is 0 Å². The number of allylic oxidation sites excluding steroid dienone is 1. The summed E-state index contributed by atoms with van der Waals surface area (Å²) in [5.41, 5.74) is 1.37. The first kappa shape index (κ1) is 22.4. The Labute approximate surface area is 183 Å². The molecule has 162 valence electrons. The second kappa shape index (κ2) is 10.2. The molecule has 1 N–H and O–H groups in total. The number of hydrogen-bond donors (Lipinski definition) is 1. The lowest BCUT2D eigenvalue weighted by molar-refractivity contribution is -0.119. The maximum atomic E-state index is 12.2. The molecule has 0 radical (unpaired) electrons. The summed E-state index contributed by atoms with van der Waals surface area (Å²) in [6, 6.07) is 8.48. The van der Waals surface area contributed by atoms with Crippen LogP contribution in [-0.2, 0) is 23.4 Å². The van der Waals surface area contributed by atoms with Gasteiger partial charge in [0.25, 0.3) is 0 Å². The lowest BCUT2D eigenvalue weighted by Crippen LogP contribution is -2.33. The summed E-state index contributed by atoms with van der Waals surface area (Å²) < 4.78 is 7.88. The quantitative estimate of drug-likeness (QED) is 0.471. The maximum absolute atomic E-state index is 12.2. The molecule has 1 saturated carbocycles. The van der Waals surface area contributed by atoms with Crippen LogP contribution in [0.3, 0.4) is 0 Å². The number of benzene rings is 1. The van der Waals surface area contributed by atoms with Crippen LogP contribution in [0.1, 0.15) is 57.8 Å². The molecule has 1 aromatic carbocycles. The van der Waals surface area contributed by atoms with Gasteiger partial charge < -0.3 is 10.1 Å². The SMILES string of the molecule is C=CCn1c(COc2ccc(C(C)(C)C)cc2)nnc1SCC(=O)NC1CCCC1. The van der Waals surface area contributed by atoms with Crippen molar-refractivity contribution in [2.75, 3.05) is 5.75 Å². The largest absolute Gasteiger partial charge is 0.486 e. The number of nitrogens with zero attached hydrogens (tertiary/aromatic N) is 3. The smallest absolute Gasteiger partial charge is 0.230 e. The first-order chi connectivity index (χ1) is 14.4. The number of amides is 1. The van der Waals surface area contributed by atoms with E-state index in [9.17, 15) is 4.79 Å². The van der Waals surface area contributed by atoms with Crippen LogP contribution in [0.15, 0.2) is 42.1 Å². The van der Waals surface area contributed by atoms with Crippen LogP contribution < -0.4 is 10.1 Å². The summed E-state index contributed by atoms with van der Waals surface area (Å²) in [4.78, 5) is 12.2. The summed E-state index contributed by atoms with van der Waals surface area (Å²) in [5.74, 6) is 1.90. The number of carbonyl (C=O) groups is 1. The Bertz CT molecular complexity index is 849. The molecule has 1 aliphatic rings. The van der Waals surface area contributed by atoms with Crippen molar-refractivity contribution in [3.05, 3.63) is 48.3 Å². The van der Waals surface area contributed by atoms with Gasteiger partial charge in [-0.3, -0.25) is 9.36 Å². The van der Waals surface area contributed by atoms with E-state index in [1.54, 1.807) is 6.08 Å². The third-order valence-corrected chi connectivity index (χ3v) is 6.21. The molecule has 0 atom stereocenters. The van der Waals surface area contributed by atoms with Crippen molar-refractivity contribution in [1.82, 2.24) is 20.1 Å². The van der Waals surface area contributed by atoms with E-state index in [-0.39, 0.29) is 11.3 Å². The highest BCUT2D eigenvalue weighted by Gasteiger charge is 2.19. The normalized spacial score (nSPS) is 14.6. The number of aromatic nitrogens is 3. The maximum Gasteiger partial charge on any atom is 0.230 e. The van der Waals surface area contributed by atoms with E-state index in [1.165, 1.54) is 30.2 Å². The van der Waals surface area contributed by atoms with E-state index < -0.39 is 0 Å². The first-order valence-corrected chi connectivity index (χ1v) is 11.5. The Hall–Kier alpha value is -2.28. The van der Waals surface area contributed by atoms with Gasteiger partial charge in [0, 0.05) is 12.6 Å². The average molecular weight is 429 g/mol. The zero-order chi connectivity index (χ0) is 21.6. The molecule has 2 aromatic rings. The van der Waals surface area contributed by atoms with Crippen molar-refractivity contribution >= 4 is 17.7 Å². The van der Waals surface area contributed by atoms with E-state index >= 15 is 0 Å². The Kier molecular flexibility index (Phi) is 7.58. The second-order valence-electron chi connectivity index (χ2n) is 8.70. The molecule has 1 aromatic heterocycles. The minimum absolute atomic E-state index is 0.0526. The number of carbonyl (C=O) groups excluding carboxylic acids is 1. The van der Waals surface area contributed by atoms with Crippen LogP contribution in [0.5, 0.6) is 5.75 Å². The van der Waals surface area contributed by atoms with Crippen LogP contribution >= 0.6 is 11.8 Å². The van der Waals surface area contributed by atoms with E-state index in [1.807, 2.05) is 16.7 Å². The summed E-state index contributed by atoms with van der Waals surface area (Å²) in [6.07, 6.45) is 6.37.